The van der Waals surface area contributed by atoms with E-state index in [0.29, 0.717) is 5.56 Å². The highest BCUT2D eigenvalue weighted by atomic mass is 79.9. The molecule has 0 aliphatic carbocycles. The Bertz CT molecular complexity index is 432. The summed E-state index contributed by atoms with van der Waals surface area (Å²) in [6.45, 7) is 0. The number of aromatic carboxylic acids is 1. The van der Waals surface area contributed by atoms with Gasteiger partial charge >= 0.3 is 5.97 Å². The van der Waals surface area contributed by atoms with E-state index >= 15 is 0 Å². The van der Waals surface area contributed by atoms with Gasteiger partial charge in [-0.05, 0) is 18.2 Å². The third-order valence-electron chi connectivity index (χ3n) is 1.65. The molecule has 0 unspecified atom stereocenters. The van der Waals surface area contributed by atoms with E-state index in [1.165, 1.54) is 6.07 Å². The molecule has 1 N–H and O–H groups in total. The molecule has 2 nitrogen and oxygen atoms in total. The predicted molar refractivity (Wildman–Crippen MR) is 63.7 cm³/mol. The van der Waals surface area contributed by atoms with Crippen LogP contribution in [0.1, 0.15) is 22.3 Å². The van der Waals surface area contributed by atoms with Crippen molar-refractivity contribution in [2.24, 2.45) is 0 Å². The number of carboxylic acid groups (broad SMARTS) is 1. The Morgan fingerprint density at radius 2 is 2.27 bits per heavy atom. The number of rotatable bonds is 2. The topological polar surface area (TPSA) is 37.3 Å². The highest BCUT2D eigenvalue weighted by Crippen LogP contribution is 2.17. The second-order valence-electron chi connectivity index (χ2n) is 2.74. The van der Waals surface area contributed by atoms with Gasteiger partial charge in [-0.25, -0.2) is 4.79 Å². The van der Waals surface area contributed by atoms with Crippen LogP contribution in [0.25, 0.3) is 0 Å². The number of alkyl halides is 1. The van der Waals surface area contributed by atoms with Crippen LogP contribution in [0.3, 0.4) is 0 Å². The molecule has 0 fully saturated rings. The van der Waals surface area contributed by atoms with Crippen LogP contribution in [-0.4, -0.2) is 16.4 Å². The monoisotopic (exact) mass is 286 g/mol. The molecule has 0 aromatic heterocycles. The predicted octanol–water partition coefficient (Wildman–Crippen LogP) is 3.17. The van der Waals surface area contributed by atoms with Gasteiger partial charge in [-0.15, -0.1) is 0 Å². The zero-order valence-corrected chi connectivity index (χ0v) is 10.1. The number of carboxylic acids is 1. The van der Waals surface area contributed by atoms with Gasteiger partial charge in [0.05, 0.1) is 10.6 Å². The Kier molecular flexibility index (Phi) is 4.67. The lowest BCUT2D eigenvalue weighted by Crippen LogP contribution is -1.97. The molecule has 0 radical (unpaired) electrons. The zero-order chi connectivity index (χ0) is 11.3. The van der Waals surface area contributed by atoms with Gasteiger partial charge in [0, 0.05) is 17.3 Å². The molecule has 0 bridgehead atoms. The minimum atomic E-state index is -1.04. The van der Waals surface area contributed by atoms with E-state index < -0.39 is 5.97 Å². The smallest absolute Gasteiger partial charge is 0.337 e. The average molecular weight is 288 g/mol. The molecular formula is C11H8BrClO2. The average Bonchev–Trinajstić information content (AvgIpc) is 2.20. The lowest BCUT2D eigenvalue weighted by atomic mass is 10.1. The molecule has 0 saturated heterocycles. The van der Waals surface area contributed by atoms with Crippen LogP contribution in [0, 0.1) is 11.8 Å². The van der Waals surface area contributed by atoms with Gasteiger partial charge in [0.25, 0.3) is 0 Å². The largest absolute Gasteiger partial charge is 0.478 e. The molecule has 0 heterocycles. The van der Waals surface area contributed by atoms with Gasteiger partial charge in [0.15, 0.2) is 0 Å². The molecule has 1 rings (SSSR count). The van der Waals surface area contributed by atoms with Crippen LogP contribution in [-0.2, 0) is 0 Å². The number of hydrogen-bond donors (Lipinski definition) is 1. The second-order valence-corrected chi connectivity index (χ2v) is 3.94. The van der Waals surface area contributed by atoms with Crippen molar-refractivity contribution in [1.29, 1.82) is 0 Å². The fraction of sp³-hybridized carbons (Fsp3) is 0.182. The SMILES string of the molecule is O=C(O)c1cc(C#CCCBr)ccc1Cl. The Hall–Kier alpha value is -0.980. The summed E-state index contributed by atoms with van der Waals surface area (Å²) >= 11 is 8.97. The molecule has 0 aliphatic rings. The van der Waals surface area contributed by atoms with Crippen LogP contribution in [0.2, 0.25) is 5.02 Å². The van der Waals surface area contributed by atoms with Crippen molar-refractivity contribution in [3.63, 3.8) is 0 Å². The first-order valence-electron chi connectivity index (χ1n) is 4.23. The minimum Gasteiger partial charge on any atom is -0.478 e. The standard InChI is InChI=1S/C11H8BrClO2/c12-6-2-1-3-8-4-5-10(13)9(7-8)11(14)15/h4-5,7H,2,6H2,(H,14,15). The number of benzene rings is 1. The molecule has 1 aromatic rings. The summed E-state index contributed by atoms with van der Waals surface area (Å²) in [6, 6.07) is 4.73. The molecule has 0 aliphatic heterocycles. The summed E-state index contributed by atoms with van der Waals surface area (Å²) in [5.74, 6) is 4.73. The van der Waals surface area contributed by atoms with Gasteiger partial charge < -0.3 is 5.11 Å². The fourth-order valence-corrected chi connectivity index (χ4v) is 1.38. The van der Waals surface area contributed by atoms with Gasteiger partial charge in [-0.2, -0.15) is 0 Å². The first kappa shape index (κ1) is 12.1. The van der Waals surface area contributed by atoms with Crippen LogP contribution < -0.4 is 0 Å². The first-order valence-corrected chi connectivity index (χ1v) is 5.72. The van der Waals surface area contributed by atoms with Crippen molar-refractivity contribution in [2.75, 3.05) is 5.33 Å². The highest BCUT2D eigenvalue weighted by molar-refractivity contribution is 9.09. The molecule has 78 valence electrons. The molecule has 0 spiro atoms. The van der Waals surface area contributed by atoms with E-state index in [1.54, 1.807) is 12.1 Å². The molecule has 4 heteroatoms. The van der Waals surface area contributed by atoms with E-state index in [9.17, 15) is 4.79 Å². The third kappa shape index (κ3) is 3.58. The molecule has 0 amide bonds. The van der Waals surface area contributed by atoms with Crippen LogP contribution in [0.15, 0.2) is 18.2 Å². The maximum Gasteiger partial charge on any atom is 0.337 e. The molecule has 0 atom stereocenters. The Morgan fingerprint density at radius 1 is 1.53 bits per heavy atom. The summed E-state index contributed by atoms with van der Waals surface area (Å²) in [6.07, 6.45) is 0.727. The van der Waals surface area contributed by atoms with Crippen LogP contribution >= 0.6 is 27.5 Å². The summed E-state index contributed by atoms with van der Waals surface area (Å²) in [7, 11) is 0. The lowest BCUT2D eigenvalue weighted by molar-refractivity contribution is 0.0697. The van der Waals surface area contributed by atoms with Crippen LogP contribution in [0.4, 0.5) is 0 Å². The van der Waals surface area contributed by atoms with Crippen molar-refractivity contribution in [2.45, 2.75) is 6.42 Å². The summed E-state index contributed by atoms with van der Waals surface area (Å²) < 4.78 is 0. The van der Waals surface area contributed by atoms with Crippen molar-refractivity contribution >= 4 is 33.5 Å². The van der Waals surface area contributed by atoms with E-state index in [0.717, 1.165) is 11.8 Å². The van der Waals surface area contributed by atoms with Gasteiger partial charge in [0.2, 0.25) is 0 Å². The summed E-state index contributed by atoms with van der Waals surface area (Å²) in [5, 5.41) is 9.86. The Balaban J connectivity index is 2.99. The number of halogens is 2. The van der Waals surface area contributed by atoms with Crippen molar-refractivity contribution in [3.8, 4) is 11.8 Å². The Labute approximate surface area is 101 Å². The van der Waals surface area contributed by atoms with E-state index in [2.05, 4.69) is 27.8 Å². The van der Waals surface area contributed by atoms with E-state index in [4.69, 9.17) is 16.7 Å². The summed E-state index contributed by atoms with van der Waals surface area (Å²) in [5.41, 5.74) is 0.750. The lowest BCUT2D eigenvalue weighted by Gasteiger charge is -1.98. The number of carbonyl (C=O) groups is 1. The maximum absolute atomic E-state index is 10.8. The Morgan fingerprint density at radius 3 is 2.87 bits per heavy atom. The molecular weight excluding hydrogens is 279 g/mol. The zero-order valence-electron chi connectivity index (χ0n) is 7.76. The fourth-order valence-electron chi connectivity index (χ4n) is 0.979. The van der Waals surface area contributed by atoms with Crippen molar-refractivity contribution in [3.05, 3.63) is 34.3 Å². The van der Waals surface area contributed by atoms with Crippen molar-refractivity contribution in [1.82, 2.24) is 0 Å². The number of hydrogen-bond acceptors (Lipinski definition) is 1. The van der Waals surface area contributed by atoms with Gasteiger partial charge in [-0.1, -0.05) is 39.4 Å². The van der Waals surface area contributed by atoms with E-state index in [1.807, 2.05) is 0 Å². The van der Waals surface area contributed by atoms with E-state index in [-0.39, 0.29) is 10.6 Å². The molecule has 0 saturated carbocycles. The molecule has 1 aromatic carbocycles. The quantitative estimate of drug-likeness (QED) is 0.670. The first-order chi connectivity index (χ1) is 7.15. The summed E-state index contributed by atoms with van der Waals surface area (Å²) in [4.78, 5) is 10.8. The second kappa shape index (κ2) is 5.79. The highest BCUT2D eigenvalue weighted by Gasteiger charge is 2.07. The normalized spacial score (nSPS) is 9.20. The van der Waals surface area contributed by atoms with Crippen molar-refractivity contribution < 1.29 is 9.90 Å². The molecule has 15 heavy (non-hydrogen) atoms. The van der Waals surface area contributed by atoms with Gasteiger partial charge in [0.1, 0.15) is 0 Å². The van der Waals surface area contributed by atoms with Crippen LogP contribution in [0.5, 0.6) is 0 Å². The third-order valence-corrected chi connectivity index (χ3v) is 2.38. The maximum atomic E-state index is 10.8. The van der Waals surface area contributed by atoms with Gasteiger partial charge in [-0.3, -0.25) is 0 Å². The minimum absolute atomic E-state index is 0.0855.